The van der Waals surface area contributed by atoms with Crippen LogP contribution in [0.2, 0.25) is 5.02 Å². The van der Waals surface area contributed by atoms with Crippen LogP contribution >= 0.6 is 34.5 Å². The number of hydrogen-bond donors (Lipinski definition) is 2. The first-order chi connectivity index (χ1) is 17.2. The standard InChI is InChI=1S/C24H18Cl2N4O5S/c1-3-35-23(34)19-12(2)27-24(36-19)29-20(31)13-8-10-14(11-9-13)28-18-17(26)21(32)30(22(18)33)16-7-5-4-6-15(16)25/h4-11,28H,3H2,1-2H3,(H,27,29,31). The minimum absolute atomic E-state index is 0.108. The zero-order valence-corrected chi connectivity index (χ0v) is 21.3. The second-order valence-electron chi connectivity index (χ2n) is 7.40. The van der Waals surface area contributed by atoms with E-state index in [2.05, 4.69) is 15.6 Å². The molecule has 1 aliphatic heterocycles. The highest BCUT2D eigenvalue weighted by molar-refractivity contribution is 7.17. The summed E-state index contributed by atoms with van der Waals surface area (Å²) in [5.41, 5.74) is 1.30. The van der Waals surface area contributed by atoms with Gasteiger partial charge < -0.3 is 10.1 Å². The van der Waals surface area contributed by atoms with Gasteiger partial charge in [-0.1, -0.05) is 46.7 Å². The molecule has 0 aliphatic carbocycles. The number of aromatic nitrogens is 1. The lowest BCUT2D eigenvalue weighted by atomic mass is 10.2. The summed E-state index contributed by atoms with van der Waals surface area (Å²) in [6.45, 7) is 3.59. The molecule has 1 aliphatic rings. The topological polar surface area (TPSA) is 118 Å². The second kappa shape index (κ2) is 10.5. The van der Waals surface area contributed by atoms with E-state index in [0.717, 1.165) is 16.2 Å². The number of amides is 3. The van der Waals surface area contributed by atoms with Gasteiger partial charge in [-0.2, -0.15) is 0 Å². The third-order valence-electron chi connectivity index (χ3n) is 5.01. The molecule has 0 unspecified atom stereocenters. The van der Waals surface area contributed by atoms with E-state index in [1.807, 2.05) is 0 Å². The molecule has 2 heterocycles. The Labute approximate surface area is 219 Å². The molecule has 12 heteroatoms. The van der Waals surface area contributed by atoms with Crippen LogP contribution in [0.15, 0.2) is 59.3 Å². The van der Waals surface area contributed by atoms with E-state index in [1.165, 1.54) is 18.2 Å². The molecule has 9 nitrogen and oxygen atoms in total. The molecule has 4 rings (SSSR count). The first-order valence-corrected chi connectivity index (χ1v) is 12.1. The SMILES string of the molecule is CCOC(=O)c1sc(NC(=O)c2ccc(NC3=C(Cl)C(=O)N(c4ccccc4Cl)C3=O)cc2)nc1C. The lowest BCUT2D eigenvalue weighted by molar-refractivity contribution is -0.120. The monoisotopic (exact) mass is 544 g/mol. The van der Waals surface area contributed by atoms with Crippen LogP contribution < -0.4 is 15.5 Å². The number of para-hydroxylation sites is 1. The Hall–Kier alpha value is -3.73. The van der Waals surface area contributed by atoms with E-state index in [-0.39, 0.29) is 33.2 Å². The Morgan fingerprint density at radius 1 is 1.06 bits per heavy atom. The first-order valence-electron chi connectivity index (χ1n) is 10.6. The summed E-state index contributed by atoms with van der Waals surface area (Å²) < 4.78 is 4.98. The maximum absolute atomic E-state index is 12.9. The van der Waals surface area contributed by atoms with Crippen molar-refractivity contribution in [3.05, 3.63) is 80.4 Å². The lowest BCUT2D eigenvalue weighted by Crippen LogP contribution is -2.32. The maximum atomic E-state index is 12.9. The summed E-state index contributed by atoms with van der Waals surface area (Å²) in [5, 5.41) is 5.70. The first kappa shape index (κ1) is 25.4. The normalized spacial score (nSPS) is 13.3. The molecular formula is C24H18Cl2N4O5S. The highest BCUT2D eigenvalue weighted by atomic mass is 35.5. The molecule has 3 aromatic rings. The molecule has 2 aromatic carbocycles. The number of nitrogens with zero attached hydrogens (tertiary/aromatic N) is 2. The van der Waals surface area contributed by atoms with Crippen molar-refractivity contribution in [2.45, 2.75) is 13.8 Å². The number of ether oxygens (including phenoxy) is 1. The van der Waals surface area contributed by atoms with Crippen molar-refractivity contribution in [3.63, 3.8) is 0 Å². The predicted molar refractivity (Wildman–Crippen MR) is 138 cm³/mol. The van der Waals surface area contributed by atoms with Crippen LogP contribution in [0.4, 0.5) is 16.5 Å². The number of thiazole rings is 1. The van der Waals surface area contributed by atoms with Crippen molar-refractivity contribution in [1.29, 1.82) is 0 Å². The molecule has 0 fully saturated rings. The van der Waals surface area contributed by atoms with E-state index in [4.69, 9.17) is 27.9 Å². The predicted octanol–water partition coefficient (Wildman–Crippen LogP) is 4.97. The van der Waals surface area contributed by atoms with Gasteiger partial charge in [0, 0.05) is 11.3 Å². The van der Waals surface area contributed by atoms with Gasteiger partial charge in [-0.05, 0) is 50.2 Å². The number of halogens is 2. The smallest absolute Gasteiger partial charge is 0.350 e. The van der Waals surface area contributed by atoms with E-state index < -0.39 is 23.7 Å². The number of benzene rings is 2. The molecule has 36 heavy (non-hydrogen) atoms. The lowest BCUT2D eigenvalue weighted by Gasteiger charge is -2.16. The van der Waals surface area contributed by atoms with Crippen LogP contribution in [0, 0.1) is 6.92 Å². The van der Waals surface area contributed by atoms with E-state index in [9.17, 15) is 19.2 Å². The number of imide groups is 1. The third kappa shape index (κ3) is 4.97. The Morgan fingerprint density at radius 2 is 1.75 bits per heavy atom. The van der Waals surface area contributed by atoms with Crippen LogP contribution in [0.1, 0.15) is 32.6 Å². The van der Waals surface area contributed by atoms with Gasteiger partial charge >= 0.3 is 5.97 Å². The number of carbonyl (C=O) groups is 4. The molecule has 0 saturated carbocycles. The molecule has 3 amide bonds. The molecule has 2 N–H and O–H groups in total. The molecule has 0 spiro atoms. The van der Waals surface area contributed by atoms with Crippen molar-refractivity contribution in [3.8, 4) is 0 Å². The number of anilines is 3. The summed E-state index contributed by atoms with van der Waals surface area (Å²) in [5.74, 6) is -2.30. The highest BCUT2D eigenvalue weighted by Crippen LogP contribution is 2.34. The van der Waals surface area contributed by atoms with Crippen molar-refractivity contribution in [2.24, 2.45) is 0 Å². The van der Waals surface area contributed by atoms with Crippen LogP contribution in [0.3, 0.4) is 0 Å². The van der Waals surface area contributed by atoms with E-state index in [1.54, 1.807) is 44.2 Å². The Bertz CT molecular complexity index is 1420. The molecule has 0 atom stereocenters. The molecular weight excluding hydrogens is 527 g/mol. The van der Waals surface area contributed by atoms with Crippen LogP contribution in [0.5, 0.6) is 0 Å². The number of aryl methyl sites for hydroxylation is 1. The molecule has 0 radical (unpaired) electrons. The third-order valence-corrected chi connectivity index (χ3v) is 6.74. The van der Waals surface area contributed by atoms with Gasteiger partial charge in [0.15, 0.2) is 5.13 Å². The quantitative estimate of drug-likeness (QED) is 0.318. The zero-order valence-electron chi connectivity index (χ0n) is 18.9. The number of nitrogens with one attached hydrogen (secondary N) is 2. The summed E-state index contributed by atoms with van der Waals surface area (Å²) in [6.07, 6.45) is 0. The minimum Gasteiger partial charge on any atom is -0.462 e. The average Bonchev–Trinajstić information content (AvgIpc) is 3.32. The molecule has 1 aromatic heterocycles. The largest absolute Gasteiger partial charge is 0.462 e. The average molecular weight is 545 g/mol. The minimum atomic E-state index is -0.700. The fourth-order valence-electron chi connectivity index (χ4n) is 3.32. The molecule has 0 saturated heterocycles. The fourth-order valence-corrected chi connectivity index (χ4v) is 4.61. The Morgan fingerprint density at radius 3 is 2.42 bits per heavy atom. The van der Waals surface area contributed by atoms with Gasteiger partial charge in [0.1, 0.15) is 15.6 Å². The Kier molecular flexibility index (Phi) is 7.39. The van der Waals surface area contributed by atoms with Gasteiger partial charge in [0.2, 0.25) is 0 Å². The summed E-state index contributed by atoms with van der Waals surface area (Å²) in [6, 6.07) is 12.6. The maximum Gasteiger partial charge on any atom is 0.350 e. The summed E-state index contributed by atoms with van der Waals surface area (Å²) >= 11 is 13.3. The zero-order chi connectivity index (χ0) is 26.0. The van der Waals surface area contributed by atoms with Crippen molar-refractivity contribution < 1.29 is 23.9 Å². The number of carbonyl (C=O) groups excluding carboxylic acids is 4. The number of hydrogen-bond acceptors (Lipinski definition) is 8. The Balaban J connectivity index is 1.46. The summed E-state index contributed by atoms with van der Waals surface area (Å²) in [7, 11) is 0. The fraction of sp³-hybridized carbons (Fsp3) is 0.125. The van der Waals surface area contributed by atoms with Gasteiger partial charge in [-0.3, -0.25) is 19.7 Å². The van der Waals surface area contributed by atoms with Crippen molar-refractivity contribution in [2.75, 3.05) is 22.1 Å². The van der Waals surface area contributed by atoms with E-state index in [0.29, 0.717) is 21.8 Å². The van der Waals surface area contributed by atoms with Gasteiger partial charge in [-0.25, -0.2) is 14.7 Å². The van der Waals surface area contributed by atoms with Crippen LogP contribution in [0.25, 0.3) is 0 Å². The molecule has 184 valence electrons. The van der Waals surface area contributed by atoms with Gasteiger partial charge in [0.05, 0.1) is 23.0 Å². The molecule has 0 bridgehead atoms. The highest BCUT2D eigenvalue weighted by Gasteiger charge is 2.39. The van der Waals surface area contributed by atoms with Crippen molar-refractivity contribution in [1.82, 2.24) is 4.98 Å². The van der Waals surface area contributed by atoms with Gasteiger partial charge in [-0.15, -0.1) is 0 Å². The number of rotatable bonds is 7. The van der Waals surface area contributed by atoms with Crippen LogP contribution in [-0.2, 0) is 14.3 Å². The van der Waals surface area contributed by atoms with Crippen LogP contribution in [-0.4, -0.2) is 35.3 Å². The number of esters is 1. The van der Waals surface area contributed by atoms with Gasteiger partial charge in [0.25, 0.3) is 17.7 Å². The van der Waals surface area contributed by atoms with Crippen molar-refractivity contribution >= 4 is 74.7 Å². The van der Waals surface area contributed by atoms with E-state index >= 15 is 0 Å². The summed E-state index contributed by atoms with van der Waals surface area (Å²) in [4.78, 5) is 55.5. The second-order valence-corrected chi connectivity index (χ2v) is 9.18.